The van der Waals surface area contributed by atoms with Gasteiger partial charge in [0.2, 0.25) is 5.91 Å². The highest BCUT2D eigenvalue weighted by atomic mass is 35.5. The number of nitrogens with one attached hydrogen (secondary N) is 1. The van der Waals surface area contributed by atoms with E-state index in [2.05, 4.69) is 45.4 Å². The zero-order valence-electron chi connectivity index (χ0n) is 15.0. The van der Waals surface area contributed by atoms with Gasteiger partial charge in [-0.3, -0.25) is 9.69 Å². The zero-order valence-corrected chi connectivity index (χ0v) is 16.7. The monoisotopic (exact) mass is 386 g/mol. The Hall–Kier alpha value is -0.950. The molecule has 1 aliphatic heterocycles. The molecule has 0 saturated carbocycles. The van der Waals surface area contributed by atoms with Gasteiger partial charge >= 0.3 is 0 Å². The summed E-state index contributed by atoms with van der Waals surface area (Å²) < 4.78 is 0. The van der Waals surface area contributed by atoms with Crippen LogP contribution in [0.4, 0.5) is 5.69 Å². The molecule has 1 amide bonds. The van der Waals surface area contributed by atoms with Crippen molar-refractivity contribution in [3.05, 3.63) is 30.3 Å². The third kappa shape index (κ3) is 7.86. The second-order valence-corrected chi connectivity index (χ2v) is 7.18. The number of rotatable bonds is 9. The summed E-state index contributed by atoms with van der Waals surface area (Å²) in [6.07, 6.45) is 3.75. The van der Waals surface area contributed by atoms with Crippen LogP contribution in [0.1, 0.15) is 12.8 Å². The lowest BCUT2D eigenvalue weighted by Crippen LogP contribution is -2.47. The Morgan fingerprint density at radius 3 is 2.56 bits per heavy atom. The maximum atomic E-state index is 11.8. The highest BCUT2D eigenvalue weighted by Crippen LogP contribution is 2.15. The summed E-state index contributed by atoms with van der Waals surface area (Å²) in [6.45, 7) is 6.03. The third-order valence-electron chi connectivity index (χ3n) is 4.41. The number of carbonyl (C=O) groups is 1. The van der Waals surface area contributed by atoms with E-state index >= 15 is 0 Å². The van der Waals surface area contributed by atoms with E-state index in [9.17, 15) is 4.79 Å². The van der Waals surface area contributed by atoms with E-state index in [0.717, 1.165) is 51.3 Å². The van der Waals surface area contributed by atoms with Gasteiger partial charge in [-0.15, -0.1) is 12.4 Å². The molecule has 1 aromatic rings. The molecular weight excluding hydrogens is 356 g/mol. The molecule has 0 unspecified atom stereocenters. The summed E-state index contributed by atoms with van der Waals surface area (Å²) in [5, 5.41) is 2.96. The van der Waals surface area contributed by atoms with Gasteiger partial charge in [0, 0.05) is 38.4 Å². The Labute approximate surface area is 162 Å². The standard InChI is InChI=1S/C18H30N4OS.ClH/c1-24-15-8-17(19)18(23)20-9-5-10-21-11-13-22(14-12-21)16-6-3-2-4-7-16;/h2-4,6-7,17H,5,8-15,19H2,1H3,(H,20,23);1H/t17-;/m0./s1. The predicted molar refractivity (Wildman–Crippen MR) is 111 cm³/mol. The molecule has 0 radical (unpaired) electrons. The number of piperazine rings is 1. The summed E-state index contributed by atoms with van der Waals surface area (Å²) in [7, 11) is 0. The van der Waals surface area contributed by atoms with Crippen LogP contribution in [-0.2, 0) is 4.79 Å². The van der Waals surface area contributed by atoms with E-state index in [-0.39, 0.29) is 24.4 Å². The molecule has 1 fully saturated rings. The quantitative estimate of drug-likeness (QED) is 0.634. The number of hydrogen-bond donors (Lipinski definition) is 2. The molecule has 142 valence electrons. The van der Waals surface area contributed by atoms with E-state index < -0.39 is 0 Å². The number of hydrogen-bond acceptors (Lipinski definition) is 5. The minimum Gasteiger partial charge on any atom is -0.369 e. The summed E-state index contributed by atoms with van der Waals surface area (Å²) in [5.74, 6) is 0.915. The minimum absolute atomic E-state index is 0. The van der Waals surface area contributed by atoms with E-state index in [1.165, 1.54) is 5.69 Å². The molecule has 1 aromatic carbocycles. The first-order valence-electron chi connectivity index (χ1n) is 8.75. The molecule has 0 aromatic heterocycles. The SMILES string of the molecule is CSCC[C@H](N)C(=O)NCCCN1CCN(c2ccccc2)CC1.Cl. The molecule has 1 heterocycles. The van der Waals surface area contributed by atoms with Gasteiger partial charge in [0.25, 0.3) is 0 Å². The lowest BCUT2D eigenvalue weighted by atomic mass is 10.2. The van der Waals surface area contributed by atoms with E-state index in [1.807, 2.05) is 6.26 Å². The fraction of sp³-hybridized carbons (Fsp3) is 0.611. The molecule has 0 aliphatic carbocycles. The van der Waals surface area contributed by atoms with Crippen LogP contribution in [0.25, 0.3) is 0 Å². The van der Waals surface area contributed by atoms with Crippen LogP contribution in [0.5, 0.6) is 0 Å². The Bertz CT molecular complexity index is 483. The largest absolute Gasteiger partial charge is 0.369 e. The van der Waals surface area contributed by atoms with Crippen LogP contribution in [0.15, 0.2) is 30.3 Å². The Morgan fingerprint density at radius 1 is 1.24 bits per heavy atom. The molecular formula is C18H31ClN4OS. The van der Waals surface area contributed by atoms with Crippen molar-refractivity contribution in [3.8, 4) is 0 Å². The molecule has 0 bridgehead atoms. The van der Waals surface area contributed by atoms with E-state index in [4.69, 9.17) is 5.73 Å². The Morgan fingerprint density at radius 2 is 1.92 bits per heavy atom. The first-order chi connectivity index (χ1) is 11.7. The molecule has 1 atom stereocenters. The molecule has 25 heavy (non-hydrogen) atoms. The van der Waals surface area contributed by atoms with Crippen molar-refractivity contribution in [2.45, 2.75) is 18.9 Å². The normalized spacial score (nSPS) is 16.2. The maximum Gasteiger partial charge on any atom is 0.236 e. The fourth-order valence-electron chi connectivity index (χ4n) is 2.89. The fourth-order valence-corrected chi connectivity index (χ4v) is 3.38. The Kier molecular flexibility index (Phi) is 11.0. The van der Waals surface area contributed by atoms with Gasteiger partial charge < -0.3 is 16.0 Å². The van der Waals surface area contributed by atoms with Gasteiger partial charge in [0.15, 0.2) is 0 Å². The van der Waals surface area contributed by atoms with Crippen molar-refractivity contribution >= 4 is 35.8 Å². The number of benzene rings is 1. The zero-order chi connectivity index (χ0) is 17.2. The Balaban J connectivity index is 0.00000312. The van der Waals surface area contributed by atoms with Gasteiger partial charge in [-0.05, 0) is 43.5 Å². The molecule has 3 N–H and O–H groups in total. The number of nitrogens with zero attached hydrogens (tertiary/aromatic N) is 2. The molecule has 2 rings (SSSR count). The van der Waals surface area contributed by atoms with Crippen molar-refractivity contribution in [1.82, 2.24) is 10.2 Å². The lowest BCUT2D eigenvalue weighted by molar-refractivity contribution is -0.122. The summed E-state index contributed by atoms with van der Waals surface area (Å²) in [6, 6.07) is 10.2. The van der Waals surface area contributed by atoms with Crippen molar-refractivity contribution < 1.29 is 4.79 Å². The molecule has 1 aliphatic rings. The van der Waals surface area contributed by atoms with Crippen LogP contribution in [0.2, 0.25) is 0 Å². The first kappa shape index (κ1) is 22.1. The molecule has 5 nitrogen and oxygen atoms in total. The highest BCUT2D eigenvalue weighted by molar-refractivity contribution is 7.98. The van der Waals surface area contributed by atoms with Crippen LogP contribution >= 0.6 is 24.2 Å². The van der Waals surface area contributed by atoms with E-state index in [1.54, 1.807) is 11.8 Å². The number of nitrogens with two attached hydrogens (primary N) is 1. The van der Waals surface area contributed by atoms with Crippen LogP contribution in [0, 0.1) is 0 Å². The van der Waals surface area contributed by atoms with Gasteiger partial charge in [0.05, 0.1) is 6.04 Å². The predicted octanol–water partition coefficient (Wildman–Crippen LogP) is 1.82. The van der Waals surface area contributed by atoms with Crippen LogP contribution in [0.3, 0.4) is 0 Å². The third-order valence-corrected chi connectivity index (χ3v) is 5.06. The smallest absolute Gasteiger partial charge is 0.236 e. The number of para-hydroxylation sites is 1. The number of thioether (sulfide) groups is 1. The first-order valence-corrected chi connectivity index (χ1v) is 10.1. The number of carbonyl (C=O) groups excluding carboxylic acids is 1. The lowest BCUT2D eigenvalue weighted by Gasteiger charge is -2.36. The molecule has 1 saturated heterocycles. The molecule has 0 spiro atoms. The van der Waals surface area contributed by atoms with Gasteiger partial charge in [-0.1, -0.05) is 18.2 Å². The average Bonchev–Trinajstić information content (AvgIpc) is 2.64. The molecule has 7 heteroatoms. The van der Waals surface area contributed by atoms with Crippen molar-refractivity contribution in [2.24, 2.45) is 5.73 Å². The van der Waals surface area contributed by atoms with Crippen molar-refractivity contribution in [3.63, 3.8) is 0 Å². The van der Waals surface area contributed by atoms with Crippen molar-refractivity contribution in [2.75, 3.05) is 56.2 Å². The summed E-state index contributed by atoms with van der Waals surface area (Å²) in [4.78, 5) is 16.7. The topological polar surface area (TPSA) is 61.6 Å². The number of halogens is 1. The van der Waals surface area contributed by atoms with Gasteiger partial charge in [0.1, 0.15) is 0 Å². The van der Waals surface area contributed by atoms with Gasteiger partial charge in [-0.25, -0.2) is 0 Å². The second-order valence-electron chi connectivity index (χ2n) is 6.20. The second kappa shape index (κ2) is 12.4. The van der Waals surface area contributed by atoms with Crippen molar-refractivity contribution in [1.29, 1.82) is 0 Å². The van der Waals surface area contributed by atoms with E-state index in [0.29, 0.717) is 6.54 Å². The minimum atomic E-state index is -0.369. The maximum absolute atomic E-state index is 11.8. The van der Waals surface area contributed by atoms with Gasteiger partial charge in [-0.2, -0.15) is 11.8 Å². The van der Waals surface area contributed by atoms with Crippen LogP contribution < -0.4 is 16.0 Å². The highest BCUT2D eigenvalue weighted by Gasteiger charge is 2.17. The average molecular weight is 387 g/mol. The van der Waals surface area contributed by atoms with Crippen LogP contribution in [-0.4, -0.2) is 68.1 Å². The summed E-state index contributed by atoms with van der Waals surface area (Å²) >= 11 is 1.72. The summed E-state index contributed by atoms with van der Waals surface area (Å²) in [5.41, 5.74) is 7.17. The number of anilines is 1. The number of amides is 1.